The summed E-state index contributed by atoms with van der Waals surface area (Å²) in [6.45, 7) is 4.70. The molecule has 4 saturated carbocycles. The van der Waals surface area contributed by atoms with Crippen LogP contribution in [0.5, 0.6) is 0 Å². The summed E-state index contributed by atoms with van der Waals surface area (Å²) >= 11 is 0. The minimum absolute atomic E-state index is 0.210. The van der Waals surface area contributed by atoms with E-state index in [0.717, 1.165) is 18.3 Å². The molecule has 4 fully saturated rings. The Morgan fingerprint density at radius 2 is 1.86 bits per heavy atom. The molecule has 0 aliphatic heterocycles. The van der Waals surface area contributed by atoms with E-state index in [1.54, 1.807) is 0 Å². The van der Waals surface area contributed by atoms with Gasteiger partial charge in [-0.1, -0.05) is 26.7 Å². The number of aliphatic hydroxyl groups is 1. The summed E-state index contributed by atoms with van der Waals surface area (Å²) in [6.07, 6.45) is 10.5. The molecule has 7 atom stereocenters. The van der Waals surface area contributed by atoms with Gasteiger partial charge in [0.15, 0.2) is 0 Å². The largest absolute Gasteiger partial charge is 0.392 e. The molecule has 0 aromatic heterocycles. The lowest BCUT2D eigenvalue weighted by Crippen LogP contribution is -2.54. The number of hydrogen-bond acceptors (Lipinski definition) is 2. The highest BCUT2D eigenvalue weighted by Gasteiger charge is 2.62. The average Bonchev–Trinajstić information content (AvgIpc) is 2.68. The number of hydrogen-bond donors (Lipinski definition) is 1. The van der Waals surface area contributed by atoms with E-state index < -0.39 is 0 Å². The minimum Gasteiger partial charge on any atom is -0.392 e. The molecular weight excluding hydrogens is 260 g/mol. The molecule has 1 unspecified atom stereocenters. The Kier molecular flexibility index (Phi) is 3.10. The second kappa shape index (κ2) is 4.57. The predicted molar refractivity (Wildman–Crippen MR) is 82.7 cm³/mol. The Morgan fingerprint density at radius 1 is 1.05 bits per heavy atom. The van der Waals surface area contributed by atoms with Crippen molar-refractivity contribution in [2.24, 2.45) is 34.5 Å². The van der Waals surface area contributed by atoms with Crippen LogP contribution < -0.4 is 0 Å². The summed E-state index contributed by atoms with van der Waals surface area (Å²) in [5, 5.41) is 10.6. The van der Waals surface area contributed by atoms with Crippen LogP contribution in [-0.2, 0) is 4.79 Å². The van der Waals surface area contributed by atoms with E-state index in [1.807, 2.05) is 0 Å². The number of carbonyl (C=O) groups excluding carboxylic acids is 1. The molecule has 0 saturated heterocycles. The van der Waals surface area contributed by atoms with Crippen molar-refractivity contribution >= 4 is 5.78 Å². The standard InChI is InChI=1S/C19H30O2/c1-18-9-4-3-5-12(18)6-7-13-14(18)8-10-19(2)16(21)11-15(20)17(13)19/h12-15,17,20H,3-11H2,1-2H3/t12-,13-,14+,15?,17-,18+,19-/m1/s1. The van der Waals surface area contributed by atoms with Crippen LogP contribution in [0.3, 0.4) is 0 Å². The normalized spacial score (nSPS) is 56.5. The van der Waals surface area contributed by atoms with E-state index in [1.165, 1.54) is 44.9 Å². The fraction of sp³-hybridized carbons (Fsp3) is 0.947. The molecule has 21 heavy (non-hydrogen) atoms. The third-order valence-corrected chi connectivity index (χ3v) is 8.28. The van der Waals surface area contributed by atoms with Crippen molar-refractivity contribution in [1.29, 1.82) is 0 Å². The van der Waals surface area contributed by atoms with Gasteiger partial charge in [-0.3, -0.25) is 4.79 Å². The zero-order valence-electron chi connectivity index (χ0n) is 13.6. The van der Waals surface area contributed by atoms with E-state index in [4.69, 9.17) is 0 Å². The summed E-state index contributed by atoms with van der Waals surface area (Å²) < 4.78 is 0. The topological polar surface area (TPSA) is 37.3 Å². The van der Waals surface area contributed by atoms with E-state index >= 15 is 0 Å². The Morgan fingerprint density at radius 3 is 2.67 bits per heavy atom. The molecular formula is C19H30O2. The van der Waals surface area contributed by atoms with Gasteiger partial charge in [0.1, 0.15) is 5.78 Å². The maximum Gasteiger partial charge on any atom is 0.141 e. The molecule has 2 heteroatoms. The van der Waals surface area contributed by atoms with Crippen LogP contribution in [0.2, 0.25) is 0 Å². The van der Waals surface area contributed by atoms with Crippen LogP contribution in [0, 0.1) is 34.5 Å². The molecule has 0 spiro atoms. The minimum atomic E-state index is -0.362. The van der Waals surface area contributed by atoms with Crippen LogP contribution in [-0.4, -0.2) is 17.0 Å². The highest BCUT2D eigenvalue weighted by Crippen LogP contribution is 2.65. The van der Waals surface area contributed by atoms with Crippen molar-refractivity contribution in [3.63, 3.8) is 0 Å². The van der Waals surface area contributed by atoms with Crippen LogP contribution in [0.1, 0.15) is 71.6 Å². The maximum absolute atomic E-state index is 12.4. The monoisotopic (exact) mass is 290 g/mol. The smallest absolute Gasteiger partial charge is 0.141 e. The molecule has 0 heterocycles. The van der Waals surface area contributed by atoms with E-state index in [2.05, 4.69) is 13.8 Å². The summed E-state index contributed by atoms with van der Waals surface area (Å²) in [4.78, 5) is 12.4. The third-order valence-electron chi connectivity index (χ3n) is 8.28. The average molecular weight is 290 g/mol. The Hall–Kier alpha value is -0.370. The van der Waals surface area contributed by atoms with Gasteiger partial charge in [-0.15, -0.1) is 0 Å². The maximum atomic E-state index is 12.4. The number of ketones is 1. The first-order valence-electron chi connectivity index (χ1n) is 9.18. The fourth-order valence-corrected chi connectivity index (χ4v) is 7.13. The van der Waals surface area contributed by atoms with Crippen molar-refractivity contribution in [3.8, 4) is 0 Å². The first-order chi connectivity index (χ1) is 9.97. The van der Waals surface area contributed by atoms with Gasteiger partial charge in [0.05, 0.1) is 6.10 Å². The number of carbonyl (C=O) groups is 1. The van der Waals surface area contributed by atoms with Crippen LogP contribution in [0.4, 0.5) is 0 Å². The second-order valence-corrected chi connectivity index (χ2v) is 8.97. The van der Waals surface area contributed by atoms with Crippen molar-refractivity contribution < 1.29 is 9.90 Å². The van der Waals surface area contributed by atoms with Crippen molar-refractivity contribution in [2.75, 3.05) is 0 Å². The van der Waals surface area contributed by atoms with Crippen molar-refractivity contribution in [3.05, 3.63) is 0 Å². The van der Waals surface area contributed by atoms with Gasteiger partial charge >= 0.3 is 0 Å². The number of fused-ring (bicyclic) bond motifs is 5. The lowest BCUT2D eigenvalue weighted by atomic mass is 9.45. The summed E-state index contributed by atoms with van der Waals surface area (Å²) in [7, 11) is 0. The SMILES string of the molecule is C[C@]12CCCC[C@@H]1CC[C@@H]1[C@@H]2CC[C@]2(C)C(=O)CC(O)[C@@H]12. The molecule has 2 nitrogen and oxygen atoms in total. The van der Waals surface area contributed by atoms with Gasteiger partial charge in [0, 0.05) is 17.8 Å². The van der Waals surface area contributed by atoms with Crippen molar-refractivity contribution in [2.45, 2.75) is 77.7 Å². The quantitative estimate of drug-likeness (QED) is 0.733. The van der Waals surface area contributed by atoms with Gasteiger partial charge in [-0.05, 0) is 61.7 Å². The van der Waals surface area contributed by atoms with Crippen LogP contribution in [0.25, 0.3) is 0 Å². The highest BCUT2D eigenvalue weighted by atomic mass is 16.3. The molecule has 4 aliphatic rings. The molecule has 0 amide bonds. The summed E-state index contributed by atoms with van der Waals surface area (Å²) in [5.74, 6) is 2.86. The van der Waals surface area contributed by atoms with E-state index in [-0.39, 0.29) is 17.4 Å². The van der Waals surface area contributed by atoms with Gasteiger partial charge in [-0.25, -0.2) is 0 Å². The molecule has 1 N–H and O–H groups in total. The van der Waals surface area contributed by atoms with Gasteiger partial charge in [-0.2, -0.15) is 0 Å². The molecule has 0 aromatic carbocycles. The van der Waals surface area contributed by atoms with Crippen molar-refractivity contribution in [1.82, 2.24) is 0 Å². The number of Topliss-reactive ketones (excluding diaryl/α,β-unsaturated/α-hetero) is 1. The summed E-state index contributed by atoms with van der Waals surface area (Å²) in [5.41, 5.74) is 0.284. The molecule has 4 rings (SSSR count). The Bertz CT molecular complexity index is 458. The Labute approximate surface area is 128 Å². The van der Waals surface area contributed by atoms with E-state index in [0.29, 0.717) is 23.5 Å². The molecule has 0 aromatic rings. The van der Waals surface area contributed by atoms with Crippen LogP contribution >= 0.6 is 0 Å². The molecule has 118 valence electrons. The third kappa shape index (κ3) is 1.77. The van der Waals surface area contributed by atoms with Crippen LogP contribution in [0.15, 0.2) is 0 Å². The zero-order chi connectivity index (χ0) is 14.8. The van der Waals surface area contributed by atoms with E-state index in [9.17, 15) is 9.90 Å². The fourth-order valence-electron chi connectivity index (χ4n) is 7.13. The zero-order valence-corrected chi connectivity index (χ0v) is 13.6. The molecule has 4 aliphatic carbocycles. The lowest BCUT2D eigenvalue weighted by molar-refractivity contribution is -0.143. The van der Waals surface area contributed by atoms with Gasteiger partial charge in [0.2, 0.25) is 0 Å². The number of aliphatic hydroxyl groups excluding tert-OH is 1. The highest BCUT2D eigenvalue weighted by molar-refractivity contribution is 5.88. The first-order valence-corrected chi connectivity index (χ1v) is 9.18. The Balaban J connectivity index is 1.69. The predicted octanol–water partition coefficient (Wildman–Crippen LogP) is 3.96. The molecule has 0 radical (unpaired) electrons. The van der Waals surface area contributed by atoms with Gasteiger partial charge < -0.3 is 5.11 Å². The first kappa shape index (κ1) is 14.2. The summed E-state index contributed by atoms with van der Waals surface area (Å²) in [6, 6.07) is 0. The lowest BCUT2D eigenvalue weighted by Gasteiger charge is -2.59. The molecule has 0 bridgehead atoms. The van der Waals surface area contributed by atoms with Gasteiger partial charge in [0.25, 0.3) is 0 Å². The number of rotatable bonds is 0. The second-order valence-electron chi connectivity index (χ2n) is 8.97.